The Kier molecular flexibility index (Phi) is 4.07. The molecule has 1 saturated heterocycles. The molecule has 31 heavy (non-hydrogen) atoms. The summed E-state index contributed by atoms with van der Waals surface area (Å²) in [6.07, 6.45) is 8.57. The Morgan fingerprint density at radius 3 is 2.77 bits per heavy atom. The predicted octanol–water partition coefficient (Wildman–Crippen LogP) is 3.52. The van der Waals surface area contributed by atoms with Crippen molar-refractivity contribution in [1.29, 1.82) is 0 Å². The summed E-state index contributed by atoms with van der Waals surface area (Å²) in [5.74, 6) is 0.743. The highest BCUT2D eigenvalue weighted by atomic mass is 35.5. The minimum absolute atomic E-state index is 0.00230. The van der Waals surface area contributed by atoms with Crippen LogP contribution in [-0.4, -0.2) is 58.6 Å². The van der Waals surface area contributed by atoms with Gasteiger partial charge in [-0.25, -0.2) is 4.98 Å². The topological polar surface area (TPSA) is 81.0 Å². The Morgan fingerprint density at radius 2 is 2.03 bits per heavy atom. The van der Waals surface area contributed by atoms with Crippen molar-refractivity contribution in [1.82, 2.24) is 14.7 Å². The Hall–Kier alpha value is -2.71. The monoisotopic (exact) mass is 438 g/mol. The first kappa shape index (κ1) is 19.0. The molecular formula is C22H23ClN6O2. The van der Waals surface area contributed by atoms with Gasteiger partial charge >= 0.3 is 0 Å². The molecule has 0 bridgehead atoms. The van der Waals surface area contributed by atoms with Crippen LogP contribution in [0.3, 0.4) is 0 Å². The number of rotatable bonds is 1. The van der Waals surface area contributed by atoms with Crippen LogP contribution in [0, 0.1) is 5.41 Å². The van der Waals surface area contributed by atoms with Crippen LogP contribution in [0.4, 0.5) is 5.69 Å². The van der Waals surface area contributed by atoms with Gasteiger partial charge in [-0.2, -0.15) is 0 Å². The first-order chi connectivity index (χ1) is 15.0. The zero-order chi connectivity index (χ0) is 21.3. The molecule has 0 N–H and O–H groups in total. The van der Waals surface area contributed by atoms with Crippen molar-refractivity contribution < 1.29 is 9.26 Å². The van der Waals surface area contributed by atoms with Crippen LogP contribution >= 0.6 is 11.6 Å². The summed E-state index contributed by atoms with van der Waals surface area (Å²) < 4.78 is 13.9. The van der Waals surface area contributed by atoms with Crippen LogP contribution in [0.25, 0.3) is 22.5 Å². The predicted molar refractivity (Wildman–Crippen MR) is 120 cm³/mol. The number of halogens is 1. The Morgan fingerprint density at radius 1 is 1.23 bits per heavy atom. The summed E-state index contributed by atoms with van der Waals surface area (Å²) in [7, 11) is 1.94. The van der Waals surface area contributed by atoms with Crippen molar-refractivity contribution in [2.45, 2.75) is 38.5 Å². The van der Waals surface area contributed by atoms with E-state index < -0.39 is 0 Å². The van der Waals surface area contributed by atoms with E-state index in [1.165, 1.54) is 0 Å². The van der Waals surface area contributed by atoms with E-state index >= 15 is 0 Å². The van der Waals surface area contributed by atoms with Gasteiger partial charge in [0.1, 0.15) is 11.7 Å². The van der Waals surface area contributed by atoms with Crippen LogP contribution in [0.5, 0.6) is 0 Å². The maximum atomic E-state index is 7.01. The second-order valence-electron chi connectivity index (χ2n) is 8.77. The average molecular weight is 439 g/mol. The number of hydrogen-bond acceptors (Lipinski definition) is 7. The second-order valence-corrected chi connectivity index (χ2v) is 9.15. The summed E-state index contributed by atoms with van der Waals surface area (Å²) in [4.78, 5) is 15.9. The maximum Gasteiger partial charge on any atom is 0.188 e. The second kappa shape index (κ2) is 6.64. The molecule has 2 aromatic heterocycles. The third kappa shape index (κ3) is 2.64. The third-order valence-corrected chi connectivity index (χ3v) is 6.98. The molecule has 5 heterocycles. The first-order valence-electron chi connectivity index (χ1n) is 10.5. The van der Waals surface area contributed by atoms with Gasteiger partial charge in [-0.15, -0.1) is 0 Å². The summed E-state index contributed by atoms with van der Waals surface area (Å²) >= 11 is 7.01. The van der Waals surface area contributed by atoms with Crippen LogP contribution < -0.4 is 4.90 Å². The molecule has 0 amide bonds. The lowest BCUT2D eigenvalue weighted by atomic mass is 9.69. The van der Waals surface area contributed by atoms with Gasteiger partial charge in [-0.05, 0) is 31.9 Å². The van der Waals surface area contributed by atoms with Gasteiger partial charge < -0.3 is 18.7 Å². The van der Waals surface area contributed by atoms with Crippen LogP contribution in [0.15, 0.2) is 33.0 Å². The number of benzene rings is 1. The molecule has 6 rings (SSSR count). The lowest BCUT2D eigenvalue weighted by molar-refractivity contribution is -0.0429. The minimum atomic E-state index is -0.345. The summed E-state index contributed by atoms with van der Waals surface area (Å²) in [5, 5.41) is 5.79. The van der Waals surface area contributed by atoms with Crippen LogP contribution in [0.1, 0.15) is 19.4 Å². The minimum Gasteiger partial charge on any atom is -0.372 e. The SMILES string of the molecule is C[C@H]1CN2c3c(cc4c(-c5nccn5C)noc4c3Cl)CC3(C=NCN=C3)[C@@H]2[C@@H](C)O1. The van der Waals surface area contributed by atoms with E-state index in [4.69, 9.17) is 20.9 Å². The van der Waals surface area contributed by atoms with E-state index in [1.54, 1.807) is 6.20 Å². The first-order valence-corrected chi connectivity index (χ1v) is 10.9. The van der Waals surface area contributed by atoms with E-state index in [0.29, 0.717) is 23.0 Å². The molecule has 1 spiro atoms. The number of ether oxygens (including phenoxy) is 1. The molecule has 0 unspecified atom stereocenters. The molecule has 3 atom stereocenters. The van der Waals surface area contributed by atoms with E-state index in [1.807, 2.05) is 17.8 Å². The molecule has 1 aromatic carbocycles. The van der Waals surface area contributed by atoms with Gasteiger partial charge in [0.25, 0.3) is 0 Å². The zero-order valence-electron chi connectivity index (χ0n) is 17.6. The molecule has 3 aliphatic rings. The van der Waals surface area contributed by atoms with E-state index in [0.717, 1.165) is 35.4 Å². The third-order valence-electron chi connectivity index (χ3n) is 6.63. The summed E-state index contributed by atoms with van der Waals surface area (Å²) in [6.45, 7) is 5.42. The number of nitrogens with zero attached hydrogens (tertiary/aromatic N) is 6. The average Bonchev–Trinajstić information content (AvgIpc) is 3.33. The van der Waals surface area contributed by atoms with Crippen molar-refractivity contribution in [3.8, 4) is 11.5 Å². The van der Waals surface area contributed by atoms with Crippen molar-refractivity contribution in [3.63, 3.8) is 0 Å². The standard InChI is InChI=1S/C22H23ClN6O2/c1-12-8-29-18-14(7-22(9-24-11-25-10-22)20(29)13(2)30-12)6-15-17(21-26-4-5-28(21)3)27-31-19(15)16(18)23/h4-6,9-10,12-13,20H,7-8,11H2,1-3H3/t12-,13+,20-/m0/s1. The number of hydrogen-bond donors (Lipinski definition) is 0. The molecule has 0 radical (unpaired) electrons. The van der Waals surface area contributed by atoms with Crippen LogP contribution in [-0.2, 0) is 18.2 Å². The number of morpholine rings is 1. The fourth-order valence-electron chi connectivity index (χ4n) is 5.55. The highest BCUT2D eigenvalue weighted by Gasteiger charge is 2.52. The number of anilines is 1. The molecular weight excluding hydrogens is 416 g/mol. The Bertz CT molecular complexity index is 1230. The van der Waals surface area contributed by atoms with Crippen molar-refractivity contribution >= 4 is 40.7 Å². The fourth-order valence-corrected chi connectivity index (χ4v) is 5.91. The number of aromatic nitrogens is 3. The smallest absolute Gasteiger partial charge is 0.188 e. The molecule has 3 aliphatic heterocycles. The number of fused-ring (bicyclic) bond motifs is 5. The lowest BCUT2D eigenvalue weighted by Gasteiger charge is -2.54. The van der Waals surface area contributed by atoms with Gasteiger partial charge in [-0.1, -0.05) is 16.8 Å². The highest BCUT2D eigenvalue weighted by Crippen LogP contribution is 2.50. The van der Waals surface area contributed by atoms with Gasteiger partial charge in [-0.3, -0.25) is 9.98 Å². The Balaban J connectivity index is 1.60. The van der Waals surface area contributed by atoms with Gasteiger partial charge in [0, 0.05) is 38.4 Å². The summed E-state index contributed by atoms with van der Waals surface area (Å²) in [5.41, 5.74) is 3.07. The molecule has 160 valence electrons. The maximum absolute atomic E-state index is 7.01. The van der Waals surface area contributed by atoms with Crippen molar-refractivity contribution in [3.05, 3.63) is 29.0 Å². The van der Waals surface area contributed by atoms with Gasteiger partial charge in [0.2, 0.25) is 0 Å². The molecule has 3 aromatic rings. The van der Waals surface area contributed by atoms with E-state index in [2.05, 4.69) is 57.4 Å². The number of aliphatic imine (C=N–C) groups is 2. The molecule has 0 saturated carbocycles. The highest BCUT2D eigenvalue weighted by molar-refractivity contribution is 6.38. The van der Waals surface area contributed by atoms with E-state index in [9.17, 15) is 0 Å². The fraction of sp³-hybridized carbons (Fsp3) is 0.455. The largest absolute Gasteiger partial charge is 0.372 e. The number of imidazole rings is 1. The normalized spacial score (nSPS) is 26.5. The Labute approximate surface area is 184 Å². The van der Waals surface area contributed by atoms with E-state index in [-0.39, 0.29) is 23.7 Å². The number of aryl methyl sites for hydroxylation is 1. The zero-order valence-corrected chi connectivity index (χ0v) is 18.4. The molecule has 9 heteroatoms. The summed E-state index contributed by atoms with van der Waals surface area (Å²) in [6, 6.07) is 2.20. The quantitative estimate of drug-likeness (QED) is 0.580. The van der Waals surface area contributed by atoms with Gasteiger partial charge in [0.05, 0.1) is 34.7 Å². The van der Waals surface area contributed by atoms with Crippen molar-refractivity contribution in [2.24, 2.45) is 22.4 Å². The lowest BCUT2D eigenvalue weighted by Crippen LogP contribution is -2.65. The van der Waals surface area contributed by atoms with Crippen LogP contribution in [0.2, 0.25) is 5.02 Å². The molecule has 1 fully saturated rings. The van der Waals surface area contributed by atoms with Gasteiger partial charge in [0.15, 0.2) is 17.1 Å². The van der Waals surface area contributed by atoms with Crippen molar-refractivity contribution in [2.75, 3.05) is 18.1 Å². The molecule has 0 aliphatic carbocycles. The molecule has 8 nitrogen and oxygen atoms in total.